The molecule has 0 bridgehead atoms. The number of pyridine rings is 1. The molecule has 1 aromatic carbocycles. The first-order valence-corrected chi connectivity index (χ1v) is 6.94. The molecule has 1 heterocycles. The van der Waals surface area contributed by atoms with E-state index < -0.39 is 16.4 Å². The molecule has 0 fully saturated rings. The fraction of sp³-hybridized carbons (Fsp3) is 0.200. The molecule has 122 valence electrons. The maximum Gasteiger partial charge on any atom is 0.296 e. The largest absolute Gasteiger partial charge is 0.493 e. The van der Waals surface area contributed by atoms with Crippen LogP contribution in [0.3, 0.4) is 0 Å². The number of nitro benzene ring substituents is 1. The Morgan fingerprint density at radius 1 is 1.38 bits per heavy atom. The Morgan fingerprint density at radius 3 is 2.62 bits per heavy atom. The van der Waals surface area contributed by atoms with Crippen molar-refractivity contribution in [3.63, 3.8) is 0 Å². The lowest BCUT2D eigenvalue weighted by Gasteiger charge is -2.10. The predicted molar refractivity (Wildman–Crippen MR) is 84.8 cm³/mol. The average molecular weight is 327 g/mol. The van der Waals surface area contributed by atoms with Crippen LogP contribution in [0.25, 0.3) is 0 Å². The Bertz CT molecular complexity index is 940. The summed E-state index contributed by atoms with van der Waals surface area (Å²) < 4.78 is 0.985. The summed E-state index contributed by atoms with van der Waals surface area (Å²) in [6, 6.07) is 7.50. The number of benzene rings is 1. The first-order chi connectivity index (χ1) is 11.4. The van der Waals surface area contributed by atoms with Crippen molar-refractivity contribution in [3.8, 4) is 11.9 Å². The number of nitro groups is 1. The van der Waals surface area contributed by atoms with Crippen LogP contribution >= 0.6 is 0 Å². The Hall–Kier alpha value is -3.54. The highest BCUT2D eigenvalue weighted by Crippen LogP contribution is 2.34. The fourth-order valence-corrected chi connectivity index (χ4v) is 2.16. The van der Waals surface area contributed by atoms with E-state index in [2.05, 4.69) is 10.2 Å². The number of aromatic hydroxyl groups is 1. The Balaban J connectivity index is 2.65. The molecule has 24 heavy (non-hydrogen) atoms. The minimum Gasteiger partial charge on any atom is -0.493 e. The first-order valence-electron chi connectivity index (χ1n) is 6.94. The lowest BCUT2D eigenvalue weighted by atomic mass is 10.1. The van der Waals surface area contributed by atoms with Crippen molar-refractivity contribution in [1.29, 1.82) is 5.26 Å². The summed E-state index contributed by atoms with van der Waals surface area (Å²) in [5.74, 6) is -0.443. The van der Waals surface area contributed by atoms with Crippen LogP contribution in [0.5, 0.6) is 5.88 Å². The molecule has 0 aliphatic rings. The van der Waals surface area contributed by atoms with Gasteiger partial charge < -0.3 is 5.11 Å². The van der Waals surface area contributed by atoms with E-state index in [9.17, 15) is 20.0 Å². The lowest BCUT2D eigenvalue weighted by molar-refractivity contribution is -0.384. The van der Waals surface area contributed by atoms with Gasteiger partial charge in [0.15, 0.2) is 11.4 Å². The zero-order valence-electron chi connectivity index (χ0n) is 12.9. The van der Waals surface area contributed by atoms with E-state index in [1.165, 1.54) is 25.1 Å². The van der Waals surface area contributed by atoms with Crippen molar-refractivity contribution in [2.75, 3.05) is 0 Å². The summed E-state index contributed by atoms with van der Waals surface area (Å²) >= 11 is 0. The summed E-state index contributed by atoms with van der Waals surface area (Å²) in [5.41, 5.74) is -0.958. The van der Waals surface area contributed by atoms with Gasteiger partial charge in [-0.25, -0.2) is 0 Å². The molecule has 2 aromatic rings. The molecule has 1 aromatic heterocycles. The number of nitrogens with zero attached hydrogens (tertiary/aromatic N) is 5. The molecular weight excluding hydrogens is 314 g/mol. The first kappa shape index (κ1) is 16.8. The minimum atomic E-state index is -0.625. The Kier molecular flexibility index (Phi) is 4.70. The topological polar surface area (TPSA) is 134 Å². The number of hydrogen-bond acceptors (Lipinski definition) is 7. The molecule has 0 amide bonds. The van der Waals surface area contributed by atoms with Gasteiger partial charge in [-0.1, -0.05) is 12.1 Å². The van der Waals surface area contributed by atoms with Gasteiger partial charge in [0.1, 0.15) is 11.6 Å². The third kappa shape index (κ3) is 2.85. The van der Waals surface area contributed by atoms with Crippen molar-refractivity contribution in [2.24, 2.45) is 10.2 Å². The van der Waals surface area contributed by atoms with E-state index >= 15 is 0 Å². The van der Waals surface area contributed by atoms with Crippen molar-refractivity contribution in [1.82, 2.24) is 4.57 Å². The normalized spacial score (nSPS) is 10.7. The number of nitriles is 1. The molecule has 2 rings (SSSR count). The van der Waals surface area contributed by atoms with Crippen LogP contribution in [0, 0.1) is 28.4 Å². The van der Waals surface area contributed by atoms with E-state index in [0.717, 1.165) is 4.57 Å². The van der Waals surface area contributed by atoms with E-state index in [4.69, 9.17) is 5.26 Å². The zero-order valence-corrected chi connectivity index (χ0v) is 12.9. The van der Waals surface area contributed by atoms with Crippen LogP contribution in [0.15, 0.2) is 39.3 Å². The Morgan fingerprint density at radius 2 is 2.04 bits per heavy atom. The van der Waals surface area contributed by atoms with Gasteiger partial charge in [0.2, 0.25) is 5.88 Å². The van der Waals surface area contributed by atoms with Crippen LogP contribution in [0.1, 0.15) is 18.1 Å². The van der Waals surface area contributed by atoms with Crippen molar-refractivity contribution in [2.45, 2.75) is 20.4 Å². The predicted octanol–water partition coefficient (Wildman–Crippen LogP) is 3.08. The van der Waals surface area contributed by atoms with E-state index in [-0.39, 0.29) is 34.7 Å². The van der Waals surface area contributed by atoms with Crippen molar-refractivity contribution < 1.29 is 10.0 Å². The summed E-state index contributed by atoms with van der Waals surface area (Å²) in [4.78, 5) is 22.4. The van der Waals surface area contributed by atoms with E-state index in [0.29, 0.717) is 0 Å². The monoisotopic (exact) mass is 327 g/mol. The third-order valence-corrected chi connectivity index (χ3v) is 3.42. The molecule has 0 unspecified atom stereocenters. The molecule has 0 saturated carbocycles. The summed E-state index contributed by atoms with van der Waals surface area (Å²) in [7, 11) is 0. The van der Waals surface area contributed by atoms with Gasteiger partial charge in [-0.3, -0.25) is 19.5 Å². The number of rotatable bonds is 4. The van der Waals surface area contributed by atoms with Crippen LogP contribution in [0.2, 0.25) is 0 Å². The van der Waals surface area contributed by atoms with Crippen LogP contribution in [0.4, 0.5) is 17.1 Å². The number of aromatic nitrogens is 1. The van der Waals surface area contributed by atoms with Gasteiger partial charge in [0.05, 0.1) is 4.92 Å². The highest BCUT2D eigenvalue weighted by atomic mass is 16.6. The minimum absolute atomic E-state index is 0.00550. The van der Waals surface area contributed by atoms with Gasteiger partial charge in [-0.15, -0.1) is 10.2 Å². The maximum absolute atomic E-state index is 12.1. The molecule has 0 radical (unpaired) electrons. The van der Waals surface area contributed by atoms with E-state index in [1.54, 1.807) is 19.1 Å². The second-order valence-corrected chi connectivity index (χ2v) is 4.78. The number of hydrogen-bond donors (Lipinski definition) is 1. The third-order valence-electron chi connectivity index (χ3n) is 3.42. The molecule has 9 nitrogen and oxygen atoms in total. The molecule has 9 heteroatoms. The quantitative estimate of drug-likeness (QED) is 0.523. The maximum atomic E-state index is 12.1. The lowest BCUT2D eigenvalue weighted by Crippen LogP contribution is -2.23. The Labute approximate surface area is 136 Å². The molecule has 0 spiro atoms. The molecule has 1 N–H and O–H groups in total. The van der Waals surface area contributed by atoms with Crippen LogP contribution in [-0.4, -0.2) is 14.6 Å². The highest BCUT2D eigenvalue weighted by Gasteiger charge is 2.19. The van der Waals surface area contributed by atoms with Crippen molar-refractivity contribution in [3.05, 3.63) is 55.9 Å². The second kappa shape index (κ2) is 6.70. The SMILES string of the molecule is CCn1c(O)c(N=Nc2ccccc2[N+](=O)[O-])c(C)c(C#N)c1=O. The molecule has 0 aliphatic heterocycles. The second-order valence-electron chi connectivity index (χ2n) is 4.78. The van der Waals surface area contributed by atoms with Crippen LogP contribution < -0.4 is 5.56 Å². The van der Waals surface area contributed by atoms with Gasteiger partial charge >= 0.3 is 0 Å². The smallest absolute Gasteiger partial charge is 0.296 e. The molecule has 0 saturated heterocycles. The summed E-state index contributed by atoms with van der Waals surface area (Å²) in [6.45, 7) is 3.21. The summed E-state index contributed by atoms with van der Waals surface area (Å²) in [5, 5.41) is 37.9. The van der Waals surface area contributed by atoms with Gasteiger partial charge in [-0.05, 0) is 19.9 Å². The molecular formula is C15H13N5O4. The van der Waals surface area contributed by atoms with Gasteiger partial charge in [0.25, 0.3) is 11.2 Å². The van der Waals surface area contributed by atoms with Crippen molar-refractivity contribution >= 4 is 17.1 Å². The van der Waals surface area contributed by atoms with Gasteiger partial charge in [-0.2, -0.15) is 5.26 Å². The van der Waals surface area contributed by atoms with Gasteiger partial charge in [0, 0.05) is 18.2 Å². The number of azo groups is 1. The highest BCUT2D eigenvalue weighted by molar-refractivity contribution is 5.61. The molecule has 0 atom stereocenters. The van der Waals surface area contributed by atoms with Crippen LogP contribution in [-0.2, 0) is 6.54 Å². The summed E-state index contributed by atoms with van der Waals surface area (Å²) in [6.07, 6.45) is 0. The molecule has 0 aliphatic carbocycles. The number of para-hydroxylation sites is 1. The van der Waals surface area contributed by atoms with E-state index in [1.807, 2.05) is 0 Å². The fourth-order valence-electron chi connectivity index (χ4n) is 2.16. The average Bonchev–Trinajstić information content (AvgIpc) is 2.55. The zero-order chi connectivity index (χ0) is 17.9. The standard InChI is InChI=1S/C15H13N5O4/c1-3-19-14(21)10(8-16)9(2)13(15(19)22)18-17-11-6-4-5-7-12(11)20(23)24/h4-7,22H,3H2,1-2H3.